The van der Waals surface area contributed by atoms with Crippen molar-refractivity contribution in [3.63, 3.8) is 0 Å². The van der Waals surface area contributed by atoms with E-state index in [-0.39, 0.29) is 30.5 Å². The monoisotopic (exact) mass is 406 g/mol. The molecule has 1 unspecified atom stereocenters. The van der Waals surface area contributed by atoms with Gasteiger partial charge in [-0.3, -0.25) is 9.59 Å². The van der Waals surface area contributed by atoms with Gasteiger partial charge in [-0.25, -0.2) is 9.07 Å². The number of hydrogen-bond acceptors (Lipinski definition) is 5. The van der Waals surface area contributed by atoms with Gasteiger partial charge in [0, 0.05) is 24.2 Å². The first-order chi connectivity index (χ1) is 14.6. The van der Waals surface area contributed by atoms with E-state index in [1.807, 2.05) is 16.8 Å². The molecule has 2 amide bonds. The molecule has 1 aliphatic carbocycles. The summed E-state index contributed by atoms with van der Waals surface area (Å²) in [6.07, 6.45) is 2.21. The van der Waals surface area contributed by atoms with Gasteiger partial charge in [0.05, 0.1) is 17.6 Å². The Morgan fingerprint density at radius 2 is 1.87 bits per heavy atom. The van der Waals surface area contributed by atoms with Crippen LogP contribution >= 0.6 is 0 Å². The van der Waals surface area contributed by atoms with E-state index >= 15 is 0 Å². The lowest BCUT2D eigenvalue weighted by Crippen LogP contribution is -2.28. The Morgan fingerprint density at radius 1 is 1.10 bits per heavy atom. The number of aromatic nitrogens is 4. The molecule has 8 nitrogen and oxygen atoms in total. The number of nitrogens with one attached hydrogen (secondary N) is 1. The zero-order valence-corrected chi connectivity index (χ0v) is 16.0. The normalized spacial score (nSPS) is 18.6. The van der Waals surface area contributed by atoms with Crippen LogP contribution < -0.4 is 10.2 Å². The molecule has 0 radical (unpaired) electrons. The lowest BCUT2D eigenvalue weighted by Gasteiger charge is -2.17. The summed E-state index contributed by atoms with van der Waals surface area (Å²) in [5.74, 6) is -0.840. The molecule has 1 aromatic heterocycles. The molecule has 9 heteroatoms. The summed E-state index contributed by atoms with van der Waals surface area (Å²) in [4.78, 5) is 26.3. The van der Waals surface area contributed by atoms with Crippen LogP contribution in [0.25, 0.3) is 11.4 Å². The predicted octanol–water partition coefficient (Wildman–Crippen LogP) is 2.81. The van der Waals surface area contributed by atoms with Gasteiger partial charge in [-0.1, -0.05) is 12.1 Å². The summed E-state index contributed by atoms with van der Waals surface area (Å²) < 4.78 is 15.8. The van der Waals surface area contributed by atoms with Gasteiger partial charge in [0.2, 0.25) is 11.8 Å². The van der Waals surface area contributed by atoms with Gasteiger partial charge in [0.25, 0.3) is 0 Å². The highest BCUT2D eigenvalue weighted by atomic mass is 19.1. The van der Waals surface area contributed by atoms with Crippen molar-refractivity contribution in [2.45, 2.75) is 25.3 Å². The lowest BCUT2D eigenvalue weighted by atomic mass is 10.1. The lowest BCUT2D eigenvalue weighted by molar-refractivity contribution is -0.122. The van der Waals surface area contributed by atoms with E-state index in [2.05, 4.69) is 20.8 Å². The van der Waals surface area contributed by atoms with E-state index < -0.39 is 11.7 Å². The van der Waals surface area contributed by atoms with E-state index in [0.717, 1.165) is 18.4 Å². The maximum Gasteiger partial charge on any atom is 0.229 e. The van der Waals surface area contributed by atoms with Gasteiger partial charge in [-0.2, -0.15) is 0 Å². The maximum absolute atomic E-state index is 14.0. The average molecular weight is 406 g/mol. The SMILES string of the molecule is O=C(Nc1ccc(-c2nnnn2C2CC2)cc1)C1CC(=O)N(c2ccccc2F)C1. The van der Waals surface area contributed by atoms with Crippen LogP contribution in [0.4, 0.5) is 15.8 Å². The number of anilines is 2. The van der Waals surface area contributed by atoms with E-state index in [0.29, 0.717) is 17.6 Å². The fourth-order valence-corrected chi connectivity index (χ4v) is 3.68. The first-order valence-corrected chi connectivity index (χ1v) is 9.84. The Morgan fingerprint density at radius 3 is 2.60 bits per heavy atom. The van der Waals surface area contributed by atoms with Crippen LogP contribution in [0, 0.1) is 11.7 Å². The fourth-order valence-electron chi connectivity index (χ4n) is 3.68. The fraction of sp³-hybridized carbons (Fsp3) is 0.286. The summed E-state index contributed by atoms with van der Waals surface area (Å²) in [7, 11) is 0. The number of benzene rings is 2. The molecule has 5 rings (SSSR count). The zero-order valence-electron chi connectivity index (χ0n) is 16.0. The minimum Gasteiger partial charge on any atom is -0.326 e. The van der Waals surface area contributed by atoms with Crippen molar-refractivity contribution < 1.29 is 14.0 Å². The van der Waals surface area contributed by atoms with E-state index in [1.165, 1.54) is 11.0 Å². The van der Waals surface area contributed by atoms with Crippen LogP contribution in [0.3, 0.4) is 0 Å². The number of carbonyl (C=O) groups excluding carboxylic acids is 2. The summed E-state index contributed by atoms with van der Waals surface area (Å²) in [6, 6.07) is 13.7. The smallest absolute Gasteiger partial charge is 0.229 e. The van der Waals surface area contributed by atoms with E-state index in [4.69, 9.17) is 0 Å². The van der Waals surface area contributed by atoms with Crippen molar-refractivity contribution in [2.24, 2.45) is 5.92 Å². The standard InChI is InChI=1S/C21H19FN6O2/c22-17-3-1-2-4-18(17)27-12-14(11-19(27)29)21(30)23-15-7-5-13(6-8-15)20-24-25-26-28(20)16-9-10-16/h1-8,14,16H,9-12H2,(H,23,30). The molecule has 1 saturated carbocycles. The number of para-hydroxylation sites is 1. The zero-order chi connectivity index (χ0) is 20.7. The summed E-state index contributed by atoms with van der Waals surface area (Å²) >= 11 is 0. The van der Waals surface area contributed by atoms with Crippen LogP contribution in [0.15, 0.2) is 48.5 Å². The first kappa shape index (κ1) is 18.4. The minimum absolute atomic E-state index is 0.0500. The molecule has 1 aliphatic heterocycles. The Labute approximate surface area is 171 Å². The average Bonchev–Trinajstić information content (AvgIpc) is 3.34. The molecule has 1 saturated heterocycles. The van der Waals surface area contributed by atoms with Crippen molar-refractivity contribution in [1.82, 2.24) is 20.2 Å². The Balaban J connectivity index is 1.26. The topological polar surface area (TPSA) is 93.0 Å². The number of nitrogens with zero attached hydrogens (tertiary/aromatic N) is 5. The molecule has 0 spiro atoms. The van der Waals surface area contributed by atoms with Crippen LogP contribution in [0.2, 0.25) is 0 Å². The van der Waals surface area contributed by atoms with Crippen LogP contribution in [-0.2, 0) is 9.59 Å². The summed E-state index contributed by atoms with van der Waals surface area (Å²) in [5, 5.41) is 14.7. The van der Waals surface area contributed by atoms with Crippen LogP contribution in [-0.4, -0.2) is 38.6 Å². The molecule has 3 aromatic rings. The summed E-state index contributed by atoms with van der Waals surface area (Å²) in [6.45, 7) is 0.153. The summed E-state index contributed by atoms with van der Waals surface area (Å²) in [5.41, 5.74) is 1.69. The molecule has 0 bridgehead atoms. The predicted molar refractivity (Wildman–Crippen MR) is 107 cm³/mol. The van der Waals surface area contributed by atoms with Crippen LogP contribution in [0.5, 0.6) is 0 Å². The van der Waals surface area contributed by atoms with Crippen molar-refractivity contribution in [1.29, 1.82) is 0 Å². The minimum atomic E-state index is -0.543. The molecule has 2 fully saturated rings. The largest absolute Gasteiger partial charge is 0.326 e. The van der Waals surface area contributed by atoms with E-state index in [1.54, 1.807) is 30.3 Å². The molecule has 2 aromatic carbocycles. The van der Waals surface area contributed by atoms with Crippen molar-refractivity contribution in [3.05, 3.63) is 54.3 Å². The number of tetrazole rings is 1. The molecular formula is C21H19FN6O2. The van der Waals surface area contributed by atoms with Gasteiger partial charge in [0.15, 0.2) is 5.82 Å². The van der Waals surface area contributed by atoms with Gasteiger partial charge in [-0.05, 0) is 59.7 Å². The van der Waals surface area contributed by atoms with E-state index in [9.17, 15) is 14.0 Å². The van der Waals surface area contributed by atoms with Crippen LogP contribution in [0.1, 0.15) is 25.3 Å². The quantitative estimate of drug-likeness (QED) is 0.703. The van der Waals surface area contributed by atoms with Crippen molar-refractivity contribution in [2.75, 3.05) is 16.8 Å². The maximum atomic E-state index is 14.0. The Hall–Kier alpha value is -3.62. The number of amides is 2. The Kier molecular flexibility index (Phi) is 4.50. The van der Waals surface area contributed by atoms with Gasteiger partial charge in [0.1, 0.15) is 5.82 Å². The molecule has 2 aliphatic rings. The highest BCUT2D eigenvalue weighted by Crippen LogP contribution is 2.36. The molecule has 2 heterocycles. The second-order valence-corrected chi connectivity index (χ2v) is 7.60. The molecule has 1 atom stereocenters. The number of hydrogen-bond donors (Lipinski definition) is 1. The van der Waals surface area contributed by atoms with Crippen molar-refractivity contribution >= 4 is 23.2 Å². The highest BCUT2D eigenvalue weighted by Gasteiger charge is 2.36. The van der Waals surface area contributed by atoms with Gasteiger partial charge in [-0.15, -0.1) is 5.10 Å². The number of carbonyl (C=O) groups is 2. The molecular weight excluding hydrogens is 387 g/mol. The molecule has 152 valence electrons. The second-order valence-electron chi connectivity index (χ2n) is 7.60. The second kappa shape index (κ2) is 7.33. The van der Waals surface area contributed by atoms with Crippen molar-refractivity contribution in [3.8, 4) is 11.4 Å². The third kappa shape index (κ3) is 3.42. The van der Waals surface area contributed by atoms with Gasteiger partial charge >= 0.3 is 0 Å². The van der Waals surface area contributed by atoms with Gasteiger partial charge < -0.3 is 10.2 Å². The number of rotatable bonds is 5. The number of halogens is 1. The first-order valence-electron chi connectivity index (χ1n) is 9.84. The Bertz CT molecular complexity index is 1110. The molecule has 30 heavy (non-hydrogen) atoms. The highest BCUT2D eigenvalue weighted by molar-refractivity contribution is 6.03. The third-order valence-electron chi connectivity index (χ3n) is 5.44. The third-order valence-corrected chi connectivity index (χ3v) is 5.44. The molecule has 1 N–H and O–H groups in total.